The largest absolute Gasteiger partial charge is 0.507 e. The summed E-state index contributed by atoms with van der Waals surface area (Å²) in [4.78, 5) is 14.3. The molecule has 2 N–H and O–H groups in total. The number of para-hydroxylation sites is 2. The van der Waals surface area contributed by atoms with E-state index in [0.717, 1.165) is 60.8 Å². The molecule has 0 aromatic heterocycles. The maximum absolute atomic E-state index is 11.7. The Morgan fingerprint density at radius 2 is 1.15 bits per heavy atom. The summed E-state index contributed by atoms with van der Waals surface area (Å²) in [5.74, 6) is 1.87. The van der Waals surface area contributed by atoms with Gasteiger partial charge in [0.05, 0.1) is 22.5 Å². The van der Waals surface area contributed by atoms with Crippen molar-refractivity contribution in [2.24, 2.45) is 9.98 Å². The number of unbranched alkanes of at least 4 members (excludes halogenated alkanes) is 2. The van der Waals surface area contributed by atoms with Crippen LogP contribution in [0.2, 0.25) is 0 Å². The van der Waals surface area contributed by atoms with Crippen molar-refractivity contribution in [2.75, 3.05) is 28.2 Å². The molecule has 0 amide bonds. The first-order chi connectivity index (χ1) is 21.5. The van der Waals surface area contributed by atoms with Crippen LogP contribution in [0.25, 0.3) is 0 Å². The minimum Gasteiger partial charge on any atom is -0.507 e. The van der Waals surface area contributed by atoms with Gasteiger partial charge in [0.2, 0.25) is 0 Å². The molecule has 0 saturated heterocycles. The van der Waals surface area contributed by atoms with Crippen LogP contribution in [0.1, 0.15) is 114 Å². The fourth-order valence-electron chi connectivity index (χ4n) is 5.51. The van der Waals surface area contributed by atoms with Gasteiger partial charge in [-0.1, -0.05) is 92.5 Å². The summed E-state index contributed by atoms with van der Waals surface area (Å²) in [6.07, 6.45) is 6.08. The molecule has 0 heterocycles. The predicted molar refractivity (Wildman–Crippen MR) is 197 cm³/mol. The van der Waals surface area contributed by atoms with E-state index in [9.17, 15) is 10.2 Å². The Morgan fingerprint density at radius 1 is 0.660 bits per heavy atom. The summed E-state index contributed by atoms with van der Waals surface area (Å²) < 4.78 is 0. The average molecular weight is 692 g/mol. The van der Waals surface area contributed by atoms with Crippen molar-refractivity contribution < 1.29 is 29.7 Å². The van der Waals surface area contributed by atoms with Crippen LogP contribution in [0, 0.1) is 0 Å². The second-order valence-corrected chi connectivity index (χ2v) is 14.9. The third kappa shape index (κ3) is 10.2. The molecule has 3 aromatic rings. The van der Waals surface area contributed by atoms with E-state index in [2.05, 4.69) is 79.7 Å². The summed E-state index contributed by atoms with van der Waals surface area (Å²) in [7, 11) is 7.83. The van der Waals surface area contributed by atoms with Crippen molar-refractivity contribution in [3.8, 4) is 11.5 Å². The van der Waals surface area contributed by atoms with E-state index in [1.807, 2.05) is 62.3 Å². The number of aliphatic imine (C=N–C) groups is 2. The molecule has 0 saturated carbocycles. The first-order valence-corrected chi connectivity index (χ1v) is 16.8. The molecule has 0 fully saturated rings. The standard InChI is InChI=1S/C40H58N4O2.Zn/c1-13-15-19-27-23-28(20-16-14-2)35(45)30(24-27)37(43(9)10)41-33-21-17-18-22-34(33)42-38(44(11)12)31-25-29(39(3,4)5)26-32(36(31)46)40(6,7)8;/h17-18,21-26,45-46H,13-16,19-20H2,1-12H3;. The van der Waals surface area contributed by atoms with Crippen molar-refractivity contribution in [1.29, 1.82) is 0 Å². The topological polar surface area (TPSA) is 71.7 Å². The molecule has 7 heteroatoms. The van der Waals surface area contributed by atoms with E-state index in [0.29, 0.717) is 34.4 Å². The number of amidine groups is 2. The molecule has 3 rings (SSSR count). The van der Waals surface area contributed by atoms with Crippen LogP contribution >= 0.6 is 0 Å². The molecule has 0 aliphatic heterocycles. The van der Waals surface area contributed by atoms with Crippen LogP contribution in [0.4, 0.5) is 11.4 Å². The number of hydrogen-bond donors (Lipinski definition) is 2. The van der Waals surface area contributed by atoms with Crippen molar-refractivity contribution >= 4 is 23.0 Å². The molecule has 47 heavy (non-hydrogen) atoms. The summed E-state index contributed by atoms with van der Waals surface area (Å²) >= 11 is 0. The monoisotopic (exact) mass is 690 g/mol. The number of nitrogens with zero attached hydrogens (tertiary/aromatic N) is 4. The Bertz CT molecular complexity index is 1560. The van der Waals surface area contributed by atoms with E-state index < -0.39 is 0 Å². The zero-order valence-electron chi connectivity index (χ0n) is 31.3. The first-order valence-electron chi connectivity index (χ1n) is 16.8. The van der Waals surface area contributed by atoms with Gasteiger partial charge in [-0.25, -0.2) is 9.98 Å². The van der Waals surface area contributed by atoms with E-state index in [1.165, 1.54) is 5.56 Å². The molecule has 0 radical (unpaired) electrons. The van der Waals surface area contributed by atoms with Crippen LogP contribution in [0.5, 0.6) is 11.5 Å². The minimum atomic E-state index is -0.260. The summed E-state index contributed by atoms with van der Waals surface area (Å²) in [6, 6.07) is 16.3. The molecule has 0 spiro atoms. The van der Waals surface area contributed by atoms with E-state index in [4.69, 9.17) is 9.98 Å². The molecular weight excluding hydrogens is 634 g/mol. The van der Waals surface area contributed by atoms with Crippen molar-refractivity contribution in [3.05, 3.63) is 81.9 Å². The Morgan fingerprint density at radius 3 is 1.60 bits per heavy atom. The van der Waals surface area contributed by atoms with Crippen LogP contribution < -0.4 is 0 Å². The third-order valence-electron chi connectivity index (χ3n) is 8.31. The fraction of sp³-hybridized carbons (Fsp3) is 0.500. The molecule has 0 atom stereocenters. The average Bonchev–Trinajstić information content (AvgIpc) is 2.97. The molecule has 3 aromatic carbocycles. The molecule has 0 aliphatic carbocycles. The van der Waals surface area contributed by atoms with Crippen LogP contribution in [-0.2, 0) is 43.1 Å². The van der Waals surface area contributed by atoms with Crippen LogP contribution in [0.15, 0.2) is 58.5 Å². The third-order valence-corrected chi connectivity index (χ3v) is 8.31. The second kappa shape index (κ2) is 16.8. The van der Waals surface area contributed by atoms with Crippen molar-refractivity contribution in [1.82, 2.24) is 9.80 Å². The second-order valence-electron chi connectivity index (χ2n) is 14.9. The molecule has 6 nitrogen and oxygen atoms in total. The molecule has 0 aliphatic rings. The maximum atomic E-state index is 11.7. The number of phenols is 2. The van der Waals surface area contributed by atoms with E-state index >= 15 is 0 Å². The van der Waals surface area contributed by atoms with Gasteiger partial charge in [-0.15, -0.1) is 0 Å². The maximum Gasteiger partial charge on any atom is 0.139 e. The van der Waals surface area contributed by atoms with Crippen molar-refractivity contribution in [2.45, 2.75) is 105 Å². The van der Waals surface area contributed by atoms with Gasteiger partial charge in [-0.2, -0.15) is 0 Å². The SMILES string of the molecule is CCCCc1cc(CCCC)c(O)c(C(=Nc2ccccc2N=C(c2cc(C(C)(C)C)cc(C(C)(C)C)c2O)N(C)C)N(C)C)c1.[Zn]. The molecule has 0 bridgehead atoms. The first kappa shape index (κ1) is 40.0. The summed E-state index contributed by atoms with van der Waals surface area (Å²) in [5, 5.41) is 23.2. The van der Waals surface area contributed by atoms with Gasteiger partial charge in [0.1, 0.15) is 23.2 Å². The van der Waals surface area contributed by atoms with Crippen LogP contribution in [-0.4, -0.2) is 59.9 Å². The predicted octanol–water partition coefficient (Wildman–Crippen LogP) is 9.66. The molecule has 252 valence electrons. The normalized spacial score (nSPS) is 12.6. The van der Waals surface area contributed by atoms with E-state index in [-0.39, 0.29) is 36.1 Å². The zero-order chi connectivity index (χ0) is 34.4. The number of aryl methyl sites for hydroxylation is 2. The van der Waals surface area contributed by atoms with Gasteiger partial charge in [0.25, 0.3) is 0 Å². The number of phenolic OH excluding ortho intramolecular Hbond substituents is 2. The van der Waals surface area contributed by atoms with Crippen molar-refractivity contribution in [3.63, 3.8) is 0 Å². The van der Waals surface area contributed by atoms with Gasteiger partial charge in [-0.3, -0.25) is 0 Å². The summed E-state index contributed by atoms with van der Waals surface area (Å²) in [6.45, 7) is 17.3. The van der Waals surface area contributed by atoms with Gasteiger partial charge >= 0.3 is 0 Å². The number of hydrogen-bond acceptors (Lipinski definition) is 4. The Labute approximate surface area is 297 Å². The molecule has 0 unspecified atom stereocenters. The Balaban J connectivity index is 0.00000768. The van der Waals surface area contributed by atoms with Gasteiger partial charge < -0.3 is 20.0 Å². The number of aromatic hydroxyl groups is 2. The minimum absolute atomic E-state index is 0. The van der Waals surface area contributed by atoms with Gasteiger partial charge in [-0.05, 0) is 77.5 Å². The Kier molecular flexibility index (Phi) is 14.3. The smallest absolute Gasteiger partial charge is 0.139 e. The summed E-state index contributed by atoms with van der Waals surface area (Å²) in [5.41, 5.74) is 6.64. The van der Waals surface area contributed by atoms with Gasteiger partial charge in [0.15, 0.2) is 0 Å². The molecular formula is C40H58N4O2Zn. The van der Waals surface area contributed by atoms with E-state index in [1.54, 1.807) is 0 Å². The number of rotatable bonds is 10. The Hall–Kier alpha value is -3.18. The quantitative estimate of drug-likeness (QED) is 0.126. The zero-order valence-corrected chi connectivity index (χ0v) is 34.2. The van der Waals surface area contributed by atoms with Gasteiger partial charge in [0, 0.05) is 53.2 Å². The fourth-order valence-corrected chi connectivity index (χ4v) is 5.51. The van der Waals surface area contributed by atoms with Crippen LogP contribution in [0.3, 0.4) is 0 Å². The number of benzene rings is 3.